The van der Waals surface area contributed by atoms with Crippen LogP contribution in [0.4, 0.5) is 0 Å². The maximum atomic E-state index is 12.1. The number of halogens is 1. The quantitative estimate of drug-likeness (QED) is 0.563. The third-order valence-corrected chi connectivity index (χ3v) is 9.14. The van der Waals surface area contributed by atoms with Crippen LogP contribution in [0.2, 0.25) is 0 Å². The summed E-state index contributed by atoms with van der Waals surface area (Å²) < 4.78 is 46.7. The number of nitrogens with two attached hydrogens (primary N) is 1. The van der Waals surface area contributed by atoms with E-state index in [4.69, 9.17) is 5.14 Å². The third-order valence-electron chi connectivity index (χ3n) is 2.65. The van der Waals surface area contributed by atoms with Gasteiger partial charge in [-0.2, -0.15) is 0 Å². The van der Waals surface area contributed by atoms with Gasteiger partial charge in [0.25, 0.3) is 0 Å². The smallest absolute Gasteiger partial charge is 0.224 e. The number of fused-ring (bicyclic) bond motifs is 1. The summed E-state index contributed by atoms with van der Waals surface area (Å²) in [6.45, 7) is 1.64. The Morgan fingerprint density at radius 3 is 2.65 bits per heavy atom. The number of hydrogen-bond donors (Lipinski definition) is 1. The van der Waals surface area contributed by atoms with Gasteiger partial charge in [-0.1, -0.05) is 22.6 Å². The van der Waals surface area contributed by atoms with Crippen molar-refractivity contribution in [2.45, 2.75) is 30.9 Å². The molecule has 2 atom stereocenters. The van der Waals surface area contributed by atoms with Gasteiger partial charge in [0.2, 0.25) is 10.0 Å². The van der Waals surface area contributed by atoms with Gasteiger partial charge in [0.05, 0.1) is 5.25 Å². The number of primary sulfonamides is 1. The monoisotopic (exact) mass is 407 g/mol. The van der Waals surface area contributed by atoms with Crippen LogP contribution in [0.5, 0.6) is 0 Å². The fourth-order valence-corrected chi connectivity index (χ4v) is 8.12. The maximum absolute atomic E-state index is 12.1. The van der Waals surface area contributed by atoms with Crippen molar-refractivity contribution >= 4 is 53.8 Å². The minimum Gasteiger partial charge on any atom is -0.224 e. The molecule has 0 saturated carbocycles. The minimum absolute atomic E-state index is 0.00729. The zero-order chi connectivity index (χ0) is 13.0. The Bertz CT molecular complexity index is 661. The van der Waals surface area contributed by atoms with E-state index < -0.39 is 25.1 Å². The van der Waals surface area contributed by atoms with Crippen molar-refractivity contribution < 1.29 is 16.8 Å². The Hall–Kier alpha value is 0.290. The molecule has 96 valence electrons. The molecule has 2 N–H and O–H groups in total. The molecule has 1 aromatic heterocycles. The van der Waals surface area contributed by atoms with Crippen LogP contribution in [0, 0.1) is 0 Å². The Kier molecular flexibility index (Phi) is 3.35. The van der Waals surface area contributed by atoms with Crippen LogP contribution in [0.15, 0.2) is 14.5 Å². The van der Waals surface area contributed by atoms with Crippen molar-refractivity contribution in [3.63, 3.8) is 0 Å². The topological polar surface area (TPSA) is 94.3 Å². The molecule has 17 heavy (non-hydrogen) atoms. The molecule has 1 aliphatic heterocycles. The first-order valence-electron chi connectivity index (χ1n) is 4.68. The van der Waals surface area contributed by atoms with E-state index in [1.807, 2.05) is 0 Å². The summed E-state index contributed by atoms with van der Waals surface area (Å²) in [6, 6.07) is 1.38. The van der Waals surface area contributed by atoms with Crippen molar-refractivity contribution in [3.8, 4) is 0 Å². The first kappa shape index (κ1) is 13.7. The molecule has 0 fully saturated rings. The molecule has 0 amide bonds. The summed E-state index contributed by atoms with van der Waals surface area (Å²) in [7, 11) is -7.24. The highest BCUT2D eigenvalue weighted by atomic mass is 127. The van der Waals surface area contributed by atoms with E-state index in [2.05, 4.69) is 22.6 Å². The lowest BCUT2D eigenvalue weighted by Gasteiger charge is -2.22. The van der Waals surface area contributed by atoms with Crippen LogP contribution in [0.1, 0.15) is 22.8 Å². The van der Waals surface area contributed by atoms with E-state index in [1.54, 1.807) is 6.92 Å². The van der Waals surface area contributed by atoms with Crippen molar-refractivity contribution in [3.05, 3.63) is 11.6 Å². The fraction of sp³-hybridized carbons (Fsp3) is 0.500. The van der Waals surface area contributed by atoms with Gasteiger partial charge in [0, 0.05) is 3.92 Å². The van der Waals surface area contributed by atoms with Crippen LogP contribution in [-0.2, 0) is 19.9 Å². The largest absolute Gasteiger partial charge is 0.247 e. The zero-order valence-electron chi connectivity index (χ0n) is 8.75. The van der Waals surface area contributed by atoms with Gasteiger partial charge in [-0.25, -0.2) is 22.0 Å². The molecule has 0 saturated heterocycles. The Morgan fingerprint density at radius 1 is 1.53 bits per heavy atom. The number of thiophene rings is 1. The lowest BCUT2D eigenvalue weighted by molar-refractivity contribution is 0.571. The fourth-order valence-electron chi connectivity index (χ4n) is 1.67. The zero-order valence-corrected chi connectivity index (χ0v) is 13.4. The molecule has 2 heterocycles. The third kappa shape index (κ3) is 2.27. The van der Waals surface area contributed by atoms with Crippen LogP contribution < -0.4 is 5.14 Å². The van der Waals surface area contributed by atoms with E-state index in [-0.39, 0.29) is 12.3 Å². The molecule has 1 aromatic rings. The van der Waals surface area contributed by atoms with Crippen molar-refractivity contribution in [1.29, 1.82) is 0 Å². The molecular formula is C8H10INO4S3. The van der Waals surface area contributed by atoms with E-state index in [1.165, 1.54) is 6.07 Å². The number of alkyl halides is 1. The van der Waals surface area contributed by atoms with Gasteiger partial charge in [-0.15, -0.1) is 11.3 Å². The molecule has 0 bridgehead atoms. The van der Waals surface area contributed by atoms with E-state index in [0.717, 1.165) is 11.3 Å². The van der Waals surface area contributed by atoms with Crippen molar-refractivity contribution in [2.75, 3.05) is 0 Å². The Labute approximate surface area is 118 Å². The first-order chi connectivity index (χ1) is 7.64. The van der Waals surface area contributed by atoms with Gasteiger partial charge in [0.15, 0.2) is 9.84 Å². The maximum Gasteiger partial charge on any atom is 0.247 e. The van der Waals surface area contributed by atoms with Crippen LogP contribution >= 0.6 is 33.9 Å². The number of rotatable bonds is 1. The van der Waals surface area contributed by atoms with Gasteiger partial charge >= 0.3 is 0 Å². The summed E-state index contributed by atoms with van der Waals surface area (Å²) in [5.41, 5.74) is 0.567. The van der Waals surface area contributed by atoms with Gasteiger partial charge < -0.3 is 0 Å². The van der Waals surface area contributed by atoms with E-state index >= 15 is 0 Å². The van der Waals surface area contributed by atoms with Gasteiger partial charge in [-0.3, -0.25) is 0 Å². The molecule has 5 nitrogen and oxygen atoms in total. The molecule has 1 unspecified atom stereocenters. The second-order valence-electron chi connectivity index (χ2n) is 3.91. The highest BCUT2D eigenvalue weighted by molar-refractivity contribution is 14.1. The molecule has 0 spiro atoms. The SMILES string of the molecule is C[C@@H]1CC(I)c2cc(S(N)(=O)=O)sc2S1(=O)=O. The predicted molar refractivity (Wildman–Crippen MR) is 73.7 cm³/mol. The highest BCUT2D eigenvalue weighted by Gasteiger charge is 2.38. The van der Waals surface area contributed by atoms with Crippen LogP contribution in [0.3, 0.4) is 0 Å². The lowest BCUT2D eigenvalue weighted by atomic mass is 10.1. The molecule has 2 rings (SSSR count). The van der Waals surface area contributed by atoms with Crippen molar-refractivity contribution in [2.24, 2.45) is 5.14 Å². The second kappa shape index (κ2) is 4.15. The van der Waals surface area contributed by atoms with Crippen LogP contribution in [0.25, 0.3) is 0 Å². The summed E-state index contributed by atoms with van der Waals surface area (Å²) in [4.78, 5) is 0. The van der Waals surface area contributed by atoms with Gasteiger partial charge in [0.1, 0.15) is 8.42 Å². The van der Waals surface area contributed by atoms with Gasteiger partial charge in [-0.05, 0) is 25.0 Å². The molecule has 0 aromatic carbocycles. The van der Waals surface area contributed by atoms with Crippen LogP contribution in [-0.4, -0.2) is 22.1 Å². The second-order valence-corrected chi connectivity index (χ2v) is 10.8. The minimum atomic E-state index is -3.84. The number of sulfonamides is 1. The predicted octanol–water partition coefficient (Wildman–Crippen LogP) is 1.44. The van der Waals surface area contributed by atoms with E-state index in [9.17, 15) is 16.8 Å². The number of sulfone groups is 1. The van der Waals surface area contributed by atoms with E-state index in [0.29, 0.717) is 12.0 Å². The molecule has 1 aliphatic rings. The lowest BCUT2D eigenvalue weighted by Crippen LogP contribution is -2.24. The summed E-state index contributed by atoms with van der Waals surface area (Å²) >= 11 is 2.88. The first-order valence-corrected chi connectivity index (χ1v) is 9.84. The number of hydrogen-bond acceptors (Lipinski definition) is 5. The highest BCUT2D eigenvalue weighted by Crippen LogP contribution is 2.46. The molecule has 0 aliphatic carbocycles. The molecule has 9 heteroatoms. The molecular weight excluding hydrogens is 397 g/mol. The standard InChI is InChI=1S/C8H10INO4S3/c1-4-2-6(9)5-3-7(17(10,13)14)15-8(5)16(4,11)12/h3-4,6H,2H2,1H3,(H2,10,13,14)/t4-,6?/m1/s1. The summed E-state index contributed by atoms with van der Waals surface area (Å²) in [6.07, 6.45) is 0.497. The average molecular weight is 407 g/mol. The summed E-state index contributed by atoms with van der Waals surface area (Å²) in [5, 5.41) is 4.54. The summed E-state index contributed by atoms with van der Waals surface area (Å²) in [5.74, 6) is 0. The van der Waals surface area contributed by atoms with Crippen molar-refractivity contribution in [1.82, 2.24) is 0 Å². The Balaban J connectivity index is 2.73. The molecule has 0 radical (unpaired) electrons. The average Bonchev–Trinajstić information content (AvgIpc) is 2.59. The Morgan fingerprint density at radius 2 is 2.12 bits per heavy atom. The normalized spacial score (nSPS) is 27.7.